The van der Waals surface area contributed by atoms with Crippen LogP contribution in [0.5, 0.6) is 0 Å². The number of quaternary nitrogens is 1. The molecule has 0 unspecified atom stereocenters. The Morgan fingerprint density at radius 2 is 1.90 bits per heavy atom. The van der Waals surface area contributed by atoms with Crippen molar-refractivity contribution < 1.29 is 9.42 Å². The number of piperazine rings is 1. The molecule has 6 nitrogen and oxygen atoms in total. The Morgan fingerprint density at radius 1 is 1.10 bits per heavy atom. The number of aryl methyl sites for hydroxylation is 2. The Labute approximate surface area is 173 Å². The molecule has 5 rings (SSSR count). The van der Waals surface area contributed by atoms with Gasteiger partial charge in [0.25, 0.3) is 0 Å². The molecule has 1 fully saturated rings. The van der Waals surface area contributed by atoms with Crippen molar-refractivity contribution in [3.8, 4) is 10.4 Å². The van der Waals surface area contributed by atoms with Crippen molar-refractivity contribution in [2.45, 2.75) is 20.4 Å². The van der Waals surface area contributed by atoms with Crippen LogP contribution < -0.4 is 9.80 Å². The molecule has 0 radical (unpaired) electrons. The molecule has 0 aliphatic carbocycles. The van der Waals surface area contributed by atoms with Crippen LogP contribution in [0.3, 0.4) is 0 Å². The van der Waals surface area contributed by atoms with Crippen molar-refractivity contribution in [3.05, 3.63) is 59.7 Å². The van der Waals surface area contributed by atoms with Crippen LogP contribution in [-0.4, -0.2) is 41.3 Å². The standard InChI is InChI=1S/C22H23N5OS/c1-15-12-18(25-28-15)13-26-8-10-27(11-9-26)21-19-16(2)20(17-6-4-3-5-7-17)29-22(19)24-14-23-21/h3-7,12,14H,8-11,13H2,1-2H3/p+1. The lowest BCUT2D eigenvalue weighted by molar-refractivity contribution is -0.914. The van der Waals surface area contributed by atoms with Crippen molar-refractivity contribution in [3.63, 3.8) is 0 Å². The third-order valence-electron chi connectivity index (χ3n) is 5.62. The minimum Gasteiger partial charge on any atom is -0.361 e. The van der Waals surface area contributed by atoms with E-state index in [9.17, 15) is 0 Å². The summed E-state index contributed by atoms with van der Waals surface area (Å²) in [6.45, 7) is 9.14. The summed E-state index contributed by atoms with van der Waals surface area (Å²) in [4.78, 5) is 15.6. The maximum atomic E-state index is 5.21. The molecule has 0 saturated carbocycles. The highest BCUT2D eigenvalue weighted by atomic mass is 32.1. The molecule has 1 saturated heterocycles. The first-order valence-corrected chi connectivity index (χ1v) is 10.8. The number of anilines is 1. The Bertz CT molecular complexity index is 1130. The van der Waals surface area contributed by atoms with Gasteiger partial charge < -0.3 is 14.3 Å². The van der Waals surface area contributed by atoms with Crippen molar-refractivity contribution in [1.29, 1.82) is 0 Å². The van der Waals surface area contributed by atoms with Crippen LogP contribution in [0.15, 0.2) is 47.2 Å². The Morgan fingerprint density at radius 3 is 2.62 bits per heavy atom. The van der Waals surface area contributed by atoms with E-state index in [1.54, 1.807) is 17.7 Å². The van der Waals surface area contributed by atoms with Gasteiger partial charge in [-0.1, -0.05) is 35.5 Å². The monoisotopic (exact) mass is 406 g/mol. The van der Waals surface area contributed by atoms with Crippen LogP contribution in [0.1, 0.15) is 17.0 Å². The van der Waals surface area contributed by atoms with Crippen LogP contribution in [0.25, 0.3) is 20.7 Å². The molecule has 148 valence electrons. The average molecular weight is 407 g/mol. The highest BCUT2D eigenvalue weighted by molar-refractivity contribution is 7.22. The second-order valence-corrected chi connectivity index (χ2v) is 8.64. The topological polar surface area (TPSA) is 59.5 Å². The third-order valence-corrected chi connectivity index (χ3v) is 6.87. The molecular formula is C22H24N5OS+. The third kappa shape index (κ3) is 3.52. The molecule has 1 aliphatic heterocycles. The first-order chi connectivity index (χ1) is 14.2. The van der Waals surface area contributed by atoms with Gasteiger partial charge in [0.05, 0.1) is 31.6 Å². The molecular weight excluding hydrogens is 382 g/mol. The van der Waals surface area contributed by atoms with E-state index in [0.29, 0.717) is 0 Å². The molecule has 4 aromatic rings. The summed E-state index contributed by atoms with van der Waals surface area (Å²) in [5.41, 5.74) is 3.56. The van der Waals surface area contributed by atoms with Gasteiger partial charge in [0, 0.05) is 10.9 Å². The highest BCUT2D eigenvalue weighted by Gasteiger charge is 2.25. The normalized spacial score (nSPS) is 15.3. The highest BCUT2D eigenvalue weighted by Crippen LogP contribution is 2.40. The summed E-state index contributed by atoms with van der Waals surface area (Å²) in [6.07, 6.45) is 1.71. The van der Waals surface area contributed by atoms with Crippen LogP contribution in [0, 0.1) is 13.8 Å². The van der Waals surface area contributed by atoms with Crippen molar-refractivity contribution in [2.75, 3.05) is 31.1 Å². The molecule has 0 spiro atoms. The number of hydrogen-bond acceptors (Lipinski definition) is 6. The number of aromatic nitrogens is 3. The summed E-state index contributed by atoms with van der Waals surface area (Å²) >= 11 is 1.76. The zero-order chi connectivity index (χ0) is 19.8. The van der Waals surface area contributed by atoms with E-state index < -0.39 is 0 Å². The van der Waals surface area contributed by atoms with Gasteiger partial charge in [-0.15, -0.1) is 11.3 Å². The van der Waals surface area contributed by atoms with Gasteiger partial charge in [-0.3, -0.25) is 0 Å². The fourth-order valence-electron chi connectivity index (χ4n) is 4.13. The van der Waals surface area contributed by atoms with Crippen LogP contribution >= 0.6 is 11.3 Å². The molecule has 1 aromatic carbocycles. The first kappa shape index (κ1) is 18.3. The van der Waals surface area contributed by atoms with Gasteiger partial charge in [0.2, 0.25) is 0 Å². The van der Waals surface area contributed by atoms with Gasteiger partial charge in [-0.25, -0.2) is 9.97 Å². The zero-order valence-corrected chi connectivity index (χ0v) is 17.5. The van der Waals surface area contributed by atoms with Crippen LogP contribution in [0.2, 0.25) is 0 Å². The largest absolute Gasteiger partial charge is 0.361 e. The van der Waals surface area contributed by atoms with Gasteiger partial charge in [-0.2, -0.15) is 0 Å². The maximum Gasteiger partial charge on any atom is 0.141 e. The fraction of sp³-hybridized carbons (Fsp3) is 0.318. The molecule has 29 heavy (non-hydrogen) atoms. The average Bonchev–Trinajstić information content (AvgIpc) is 3.32. The van der Waals surface area contributed by atoms with Gasteiger partial charge in [0.15, 0.2) is 0 Å². The number of fused-ring (bicyclic) bond motifs is 1. The molecule has 7 heteroatoms. The number of thiophene rings is 1. The van der Waals surface area contributed by atoms with E-state index >= 15 is 0 Å². The second kappa shape index (κ2) is 7.57. The number of nitrogens with zero attached hydrogens (tertiary/aromatic N) is 4. The van der Waals surface area contributed by atoms with Gasteiger partial charge in [-0.05, 0) is 25.0 Å². The van der Waals surface area contributed by atoms with E-state index in [1.807, 2.05) is 13.0 Å². The summed E-state index contributed by atoms with van der Waals surface area (Å²) in [5, 5.41) is 5.34. The van der Waals surface area contributed by atoms with Crippen molar-refractivity contribution in [2.24, 2.45) is 0 Å². The number of hydrogen-bond donors (Lipinski definition) is 1. The van der Waals surface area contributed by atoms with E-state index in [-0.39, 0.29) is 0 Å². The Balaban J connectivity index is 1.39. The molecule has 1 N–H and O–H groups in total. The number of rotatable bonds is 4. The predicted molar refractivity (Wildman–Crippen MR) is 115 cm³/mol. The van der Waals surface area contributed by atoms with Gasteiger partial charge >= 0.3 is 0 Å². The predicted octanol–water partition coefficient (Wildman–Crippen LogP) is 2.87. The van der Waals surface area contributed by atoms with Crippen LogP contribution in [0.4, 0.5) is 5.82 Å². The summed E-state index contributed by atoms with van der Waals surface area (Å²) in [7, 11) is 0. The minimum atomic E-state index is 0.878. The maximum absolute atomic E-state index is 5.21. The first-order valence-electron chi connectivity index (χ1n) is 9.99. The fourth-order valence-corrected chi connectivity index (χ4v) is 5.28. The quantitative estimate of drug-likeness (QED) is 0.565. The van der Waals surface area contributed by atoms with E-state index in [4.69, 9.17) is 9.51 Å². The summed E-state index contributed by atoms with van der Waals surface area (Å²) in [6, 6.07) is 12.6. The SMILES string of the molecule is Cc1cc(C[NH+]2CCN(c3ncnc4sc(-c5ccccc5)c(C)c34)CC2)no1. The van der Waals surface area contributed by atoms with E-state index in [2.05, 4.69) is 52.3 Å². The zero-order valence-electron chi connectivity index (χ0n) is 16.7. The lowest BCUT2D eigenvalue weighted by Gasteiger charge is -2.32. The lowest BCUT2D eigenvalue weighted by Crippen LogP contribution is -3.13. The van der Waals surface area contributed by atoms with Gasteiger partial charge in [0.1, 0.15) is 35.0 Å². The van der Waals surface area contributed by atoms with E-state index in [0.717, 1.165) is 54.8 Å². The summed E-state index contributed by atoms with van der Waals surface area (Å²) < 4.78 is 5.21. The number of nitrogens with one attached hydrogen (secondary N) is 1. The molecule has 3 aromatic heterocycles. The molecule has 0 bridgehead atoms. The molecule has 4 heterocycles. The minimum absolute atomic E-state index is 0.878. The van der Waals surface area contributed by atoms with Crippen LogP contribution in [-0.2, 0) is 6.54 Å². The molecule has 0 amide bonds. The van der Waals surface area contributed by atoms with Crippen molar-refractivity contribution >= 4 is 27.4 Å². The number of benzene rings is 1. The van der Waals surface area contributed by atoms with Crippen molar-refractivity contribution in [1.82, 2.24) is 15.1 Å². The Kier molecular flexibility index (Phi) is 4.77. The molecule has 0 atom stereocenters. The Hall–Kier alpha value is -2.77. The molecule has 1 aliphatic rings. The smallest absolute Gasteiger partial charge is 0.141 e. The lowest BCUT2D eigenvalue weighted by atomic mass is 10.1. The second-order valence-electron chi connectivity index (χ2n) is 7.64. The van der Waals surface area contributed by atoms with E-state index in [1.165, 1.54) is 26.3 Å². The summed E-state index contributed by atoms with van der Waals surface area (Å²) in [5.74, 6) is 1.95.